The maximum Gasteiger partial charge on any atom is 0.0223 e. The maximum atomic E-state index is 5.38. The lowest BCUT2D eigenvalue weighted by molar-refractivity contribution is 0.727. The highest BCUT2D eigenvalue weighted by Crippen LogP contribution is 1.93. The summed E-state index contributed by atoms with van der Waals surface area (Å²) >= 11 is 5.38. The average molecular weight is 194 g/mol. The number of nitrogens with two attached hydrogens (primary N) is 1. The number of hydrogen-bond donors (Lipinski definition) is 1. The van der Waals surface area contributed by atoms with Crippen molar-refractivity contribution in [3.05, 3.63) is 0 Å². The zero-order chi connectivity index (χ0) is 9.66. The van der Waals surface area contributed by atoms with Crippen LogP contribution in [0.2, 0.25) is 0 Å². The molecule has 2 N–H and O–H groups in total. The van der Waals surface area contributed by atoms with Gasteiger partial charge in [0.25, 0.3) is 0 Å². The molecule has 2 heteroatoms. The van der Waals surface area contributed by atoms with E-state index in [9.17, 15) is 0 Å². The fraction of sp³-hybridized carbons (Fsp3) is 1.00. The van der Waals surface area contributed by atoms with Gasteiger partial charge in [-0.05, 0) is 19.4 Å². The third-order valence-electron chi connectivity index (χ3n) is 1.54. The molecule has 0 atom stereocenters. The summed E-state index contributed by atoms with van der Waals surface area (Å²) in [5.74, 6) is 0.827. The Morgan fingerprint density at radius 2 is 1.42 bits per heavy atom. The average Bonchev–Trinajstić information content (AvgIpc) is 2.12. The summed E-state index contributed by atoms with van der Waals surface area (Å²) < 4.78 is 0. The Hall–Kier alpha value is 0.250. The molecule has 0 rings (SSSR count). The van der Waals surface area contributed by atoms with E-state index in [1.165, 1.54) is 38.5 Å². The molecule has 0 amide bonds. The Labute approximate surface area is 82.7 Å². The standard InChI is InChI=1S/C5H11Cl.C5H13N/c2*1-2-3-4-5-6/h2-5H2,1H3;2-6H2,1H3. The highest BCUT2D eigenvalue weighted by Gasteiger charge is 1.77. The smallest absolute Gasteiger partial charge is 0.0223 e. The molecule has 0 aliphatic heterocycles. The van der Waals surface area contributed by atoms with E-state index in [4.69, 9.17) is 17.3 Å². The van der Waals surface area contributed by atoms with Crippen molar-refractivity contribution in [3.63, 3.8) is 0 Å². The second kappa shape index (κ2) is 17.4. The second-order valence-corrected chi connectivity index (χ2v) is 3.27. The Bertz CT molecular complexity index is 41.8. The quantitative estimate of drug-likeness (QED) is 0.507. The van der Waals surface area contributed by atoms with Gasteiger partial charge in [-0.15, -0.1) is 11.6 Å². The van der Waals surface area contributed by atoms with Gasteiger partial charge in [-0.25, -0.2) is 0 Å². The van der Waals surface area contributed by atoms with Crippen LogP contribution in [0.25, 0.3) is 0 Å². The molecule has 76 valence electrons. The van der Waals surface area contributed by atoms with Crippen molar-refractivity contribution < 1.29 is 0 Å². The Morgan fingerprint density at radius 3 is 1.58 bits per heavy atom. The van der Waals surface area contributed by atoms with Crippen molar-refractivity contribution in [3.8, 4) is 0 Å². The van der Waals surface area contributed by atoms with Gasteiger partial charge in [0.05, 0.1) is 0 Å². The van der Waals surface area contributed by atoms with E-state index in [1.54, 1.807) is 0 Å². The first-order chi connectivity index (χ1) is 5.83. The number of unbranched alkanes of at least 4 members (excludes halogenated alkanes) is 4. The molecule has 0 radical (unpaired) electrons. The molecular formula is C10H24ClN. The Balaban J connectivity index is 0. The molecule has 0 saturated carbocycles. The minimum atomic E-state index is 0.827. The summed E-state index contributed by atoms with van der Waals surface area (Å²) in [5.41, 5.74) is 5.21. The van der Waals surface area contributed by atoms with Crippen molar-refractivity contribution >= 4 is 11.6 Å². The molecular weight excluding hydrogens is 170 g/mol. The van der Waals surface area contributed by atoms with Gasteiger partial charge in [0.15, 0.2) is 0 Å². The van der Waals surface area contributed by atoms with E-state index in [-0.39, 0.29) is 0 Å². The molecule has 0 bridgehead atoms. The zero-order valence-corrected chi connectivity index (χ0v) is 9.37. The van der Waals surface area contributed by atoms with Crippen LogP contribution in [0.15, 0.2) is 0 Å². The summed E-state index contributed by atoms with van der Waals surface area (Å²) in [7, 11) is 0. The van der Waals surface area contributed by atoms with Crippen LogP contribution in [0.1, 0.15) is 52.4 Å². The van der Waals surface area contributed by atoms with Gasteiger partial charge in [0.2, 0.25) is 0 Å². The van der Waals surface area contributed by atoms with Crippen LogP contribution in [0.5, 0.6) is 0 Å². The van der Waals surface area contributed by atoms with E-state index in [1.807, 2.05) is 0 Å². The number of alkyl halides is 1. The largest absolute Gasteiger partial charge is 0.330 e. The van der Waals surface area contributed by atoms with E-state index in [2.05, 4.69) is 13.8 Å². The third kappa shape index (κ3) is 22.5. The van der Waals surface area contributed by atoms with Crippen molar-refractivity contribution in [2.24, 2.45) is 5.73 Å². The normalized spacial score (nSPS) is 9.00. The molecule has 0 fully saturated rings. The minimum absolute atomic E-state index is 0.827. The summed E-state index contributed by atoms with van der Waals surface area (Å²) in [6, 6.07) is 0. The van der Waals surface area contributed by atoms with Crippen molar-refractivity contribution in [2.45, 2.75) is 52.4 Å². The van der Waals surface area contributed by atoms with Crippen LogP contribution in [-0.2, 0) is 0 Å². The fourth-order valence-electron chi connectivity index (χ4n) is 0.739. The number of hydrogen-bond acceptors (Lipinski definition) is 1. The van der Waals surface area contributed by atoms with Crippen LogP contribution in [-0.4, -0.2) is 12.4 Å². The molecule has 0 unspecified atom stereocenters. The molecule has 0 aliphatic rings. The topological polar surface area (TPSA) is 26.0 Å². The van der Waals surface area contributed by atoms with E-state index >= 15 is 0 Å². The second-order valence-electron chi connectivity index (χ2n) is 2.89. The van der Waals surface area contributed by atoms with Crippen LogP contribution in [0.4, 0.5) is 0 Å². The first-order valence-corrected chi connectivity index (χ1v) is 5.62. The van der Waals surface area contributed by atoms with Gasteiger partial charge in [-0.1, -0.05) is 39.5 Å². The minimum Gasteiger partial charge on any atom is -0.330 e. The van der Waals surface area contributed by atoms with Gasteiger partial charge in [0.1, 0.15) is 0 Å². The van der Waals surface area contributed by atoms with E-state index < -0.39 is 0 Å². The molecule has 12 heavy (non-hydrogen) atoms. The Kier molecular flexibility index (Phi) is 21.4. The monoisotopic (exact) mass is 193 g/mol. The summed E-state index contributed by atoms with van der Waals surface area (Å²) in [6.45, 7) is 5.20. The molecule has 0 aromatic heterocycles. The summed E-state index contributed by atoms with van der Waals surface area (Å²) in [5, 5.41) is 0. The van der Waals surface area contributed by atoms with Gasteiger partial charge in [0, 0.05) is 5.88 Å². The van der Waals surface area contributed by atoms with Gasteiger partial charge in [-0.2, -0.15) is 0 Å². The molecule has 0 aromatic rings. The first kappa shape index (κ1) is 14.8. The summed E-state index contributed by atoms with van der Waals surface area (Å²) in [4.78, 5) is 0. The Morgan fingerprint density at radius 1 is 0.917 bits per heavy atom. The van der Waals surface area contributed by atoms with E-state index in [0.29, 0.717) is 0 Å². The molecule has 0 aliphatic carbocycles. The lowest BCUT2D eigenvalue weighted by Crippen LogP contribution is -1.96. The molecule has 0 aromatic carbocycles. The third-order valence-corrected chi connectivity index (χ3v) is 1.81. The number of halogens is 1. The van der Waals surface area contributed by atoms with Crippen LogP contribution in [0, 0.1) is 0 Å². The highest BCUT2D eigenvalue weighted by atomic mass is 35.5. The lowest BCUT2D eigenvalue weighted by Gasteiger charge is -1.86. The summed E-state index contributed by atoms with van der Waals surface area (Å²) in [6.07, 6.45) is 7.48. The molecule has 0 spiro atoms. The molecule has 0 saturated heterocycles. The van der Waals surface area contributed by atoms with Crippen molar-refractivity contribution in [2.75, 3.05) is 12.4 Å². The first-order valence-electron chi connectivity index (χ1n) is 5.09. The predicted molar refractivity (Wildman–Crippen MR) is 58.8 cm³/mol. The van der Waals surface area contributed by atoms with Crippen LogP contribution >= 0.6 is 11.6 Å². The van der Waals surface area contributed by atoms with Crippen LogP contribution < -0.4 is 5.73 Å². The highest BCUT2D eigenvalue weighted by molar-refractivity contribution is 6.17. The predicted octanol–water partition coefficient (Wildman–Crippen LogP) is 3.55. The zero-order valence-electron chi connectivity index (χ0n) is 8.61. The molecule has 1 nitrogen and oxygen atoms in total. The maximum absolute atomic E-state index is 5.38. The van der Waals surface area contributed by atoms with Crippen LogP contribution in [0.3, 0.4) is 0 Å². The van der Waals surface area contributed by atoms with E-state index in [0.717, 1.165) is 12.4 Å². The lowest BCUT2D eigenvalue weighted by atomic mass is 10.3. The molecule has 0 heterocycles. The van der Waals surface area contributed by atoms with Gasteiger partial charge >= 0.3 is 0 Å². The fourth-order valence-corrected chi connectivity index (χ4v) is 0.928. The van der Waals surface area contributed by atoms with Gasteiger partial charge in [-0.3, -0.25) is 0 Å². The number of rotatable bonds is 6. The SMILES string of the molecule is CCCCCCl.CCCCCN. The van der Waals surface area contributed by atoms with Crippen molar-refractivity contribution in [1.82, 2.24) is 0 Å². The van der Waals surface area contributed by atoms with Crippen molar-refractivity contribution in [1.29, 1.82) is 0 Å². The van der Waals surface area contributed by atoms with Gasteiger partial charge < -0.3 is 5.73 Å².